The molecule has 0 radical (unpaired) electrons. The smallest absolute Gasteiger partial charge is 0.242 e. The van der Waals surface area contributed by atoms with Crippen LogP contribution in [0.4, 0.5) is 14.5 Å². The third kappa shape index (κ3) is 4.74. The maximum absolute atomic E-state index is 14.4. The van der Waals surface area contributed by atoms with Crippen molar-refractivity contribution in [3.63, 3.8) is 0 Å². The summed E-state index contributed by atoms with van der Waals surface area (Å²) in [5, 5.41) is 21.9. The van der Waals surface area contributed by atoms with Crippen molar-refractivity contribution in [2.24, 2.45) is 0 Å². The van der Waals surface area contributed by atoms with Gasteiger partial charge in [-0.1, -0.05) is 11.6 Å². The van der Waals surface area contributed by atoms with Crippen LogP contribution in [0.3, 0.4) is 0 Å². The van der Waals surface area contributed by atoms with Crippen molar-refractivity contribution in [2.75, 3.05) is 31.7 Å². The fourth-order valence-corrected chi connectivity index (χ4v) is 4.74. The molecule has 0 aliphatic rings. The van der Waals surface area contributed by atoms with Gasteiger partial charge in [0.25, 0.3) is 0 Å². The van der Waals surface area contributed by atoms with Crippen molar-refractivity contribution < 1.29 is 32.2 Å². The molecule has 2 N–H and O–H groups in total. The van der Waals surface area contributed by atoms with Crippen LogP contribution in [0.15, 0.2) is 30.6 Å². The number of carbonyl (C=O) groups excluding carboxylic acids is 1. The van der Waals surface area contributed by atoms with E-state index in [0.29, 0.717) is 11.6 Å². The first-order chi connectivity index (χ1) is 17.2. The van der Waals surface area contributed by atoms with E-state index in [1.54, 1.807) is 14.1 Å². The van der Waals surface area contributed by atoms with Gasteiger partial charge in [-0.3, -0.25) is 14.1 Å². The van der Waals surface area contributed by atoms with E-state index in [1.807, 2.05) is 0 Å². The van der Waals surface area contributed by atoms with Crippen LogP contribution in [0.1, 0.15) is 11.1 Å². The molecule has 13 heteroatoms. The highest BCUT2D eigenvalue weighted by atomic mass is 35.5. The monoisotopic (exact) mass is 552 g/mol. The lowest BCUT2D eigenvalue weighted by Gasteiger charge is -2.21. The predicted molar refractivity (Wildman–Crippen MR) is 137 cm³/mol. The molecule has 4 rings (SSSR count). The number of fused-ring (bicyclic) bond motifs is 2. The highest BCUT2D eigenvalue weighted by Crippen LogP contribution is 2.46. The number of halogens is 3. The summed E-state index contributed by atoms with van der Waals surface area (Å²) in [5.41, 5.74) is 0.569. The number of benzene rings is 2. The molecule has 0 aliphatic heterocycles. The topological polar surface area (TPSA) is 116 Å². The maximum atomic E-state index is 14.4. The number of aromatic nitrogens is 2. The minimum absolute atomic E-state index is 0.0219. The number of hydrogen-bond donors (Lipinski definition) is 2. The Morgan fingerprint density at radius 2 is 1.78 bits per heavy atom. The molecular formula is C24H23ClF2N4O5S. The number of hydrogen-bond acceptors (Lipinski definition) is 6. The van der Waals surface area contributed by atoms with Crippen molar-refractivity contribution in [2.45, 2.75) is 13.0 Å². The molecule has 37 heavy (non-hydrogen) atoms. The molecule has 4 aromatic rings. The van der Waals surface area contributed by atoms with Crippen LogP contribution in [-0.2, 0) is 27.8 Å². The van der Waals surface area contributed by atoms with Gasteiger partial charge in [-0.2, -0.15) is 0 Å². The number of amides is 1. The first-order valence-electron chi connectivity index (χ1n) is 10.8. The van der Waals surface area contributed by atoms with E-state index in [4.69, 9.17) is 11.6 Å². The van der Waals surface area contributed by atoms with E-state index in [2.05, 4.69) is 4.98 Å². The average molecular weight is 553 g/mol. The van der Waals surface area contributed by atoms with Crippen LogP contribution >= 0.6 is 11.6 Å². The second-order valence-electron chi connectivity index (χ2n) is 8.86. The molecule has 0 atom stereocenters. The van der Waals surface area contributed by atoms with E-state index < -0.39 is 33.3 Å². The van der Waals surface area contributed by atoms with E-state index in [-0.39, 0.29) is 56.8 Å². The van der Waals surface area contributed by atoms with Crippen molar-refractivity contribution >= 4 is 54.9 Å². The number of likely N-dealkylation sites (N-methyl/N-ethyl adjacent to an activating group) is 1. The van der Waals surface area contributed by atoms with Crippen LogP contribution in [0, 0.1) is 11.6 Å². The molecule has 9 nitrogen and oxygen atoms in total. The first-order valence-corrected chi connectivity index (χ1v) is 13.1. The van der Waals surface area contributed by atoms with Gasteiger partial charge in [0.15, 0.2) is 5.75 Å². The largest absolute Gasteiger partial charge is 0.505 e. The Morgan fingerprint density at radius 1 is 1.11 bits per heavy atom. The third-order valence-corrected chi connectivity index (χ3v) is 7.53. The van der Waals surface area contributed by atoms with E-state index in [1.165, 1.54) is 35.0 Å². The molecule has 0 unspecified atom stereocenters. The molecule has 0 spiro atoms. The number of carbonyl (C=O) groups is 1. The molecule has 1 amide bonds. The lowest BCUT2D eigenvalue weighted by Crippen LogP contribution is -2.26. The molecule has 2 aromatic heterocycles. The Kier molecular flexibility index (Phi) is 6.67. The zero-order valence-corrected chi connectivity index (χ0v) is 21.8. The quantitative estimate of drug-likeness (QED) is 0.353. The number of aromatic hydroxyl groups is 2. The Labute approximate surface area is 216 Å². The molecule has 2 heterocycles. The van der Waals surface area contributed by atoms with E-state index in [9.17, 15) is 32.2 Å². The number of rotatable bonds is 6. The van der Waals surface area contributed by atoms with Gasteiger partial charge in [0.05, 0.1) is 22.4 Å². The number of nitrogens with zero attached hydrogens (tertiary/aromatic N) is 4. The van der Waals surface area contributed by atoms with E-state index in [0.717, 1.165) is 16.6 Å². The third-order valence-electron chi connectivity index (χ3n) is 6.07. The zero-order valence-electron chi connectivity index (χ0n) is 20.3. The Balaban J connectivity index is 2.00. The van der Waals surface area contributed by atoms with Gasteiger partial charge < -0.3 is 19.7 Å². The summed E-state index contributed by atoms with van der Waals surface area (Å²) < 4.78 is 55.3. The Morgan fingerprint density at radius 3 is 2.41 bits per heavy atom. The predicted octanol–water partition coefficient (Wildman–Crippen LogP) is 3.61. The van der Waals surface area contributed by atoms with Crippen LogP contribution < -0.4 is 4.31 Å². The van der Waals surface area contributed by atoms with Crippen LogP contribution in [0.25, 0.3) is 21.7 Å². The van der Waals surface area contributed by atoms with Crippen LogP contribution in [0.2, 0.25) is 5.02 Å². The summed E-state index contributed by atoms with van der Waals surface area (Å²) in [5.74, 6) is -2.94. The Hall–Kier alpha value is -3.64. The standard InChI is InChI=1S/C24H23ClF2N4O5S/c1-29(2)19(32)11-31-10-15-20(24(31)34)23(33)21-14(22(15)30(3)37(4,35)36)6-12(9-28-21)5-13-7-16(25)18(27)8-17(13)26/h6-10,33-34H,5,11H2,1-4H3. The van der Waals surface area contributed by atoms with Crippen molar-refractivity contribution in [3.8, 4) is 11.6 Å². The molecule has 0 saturated carbocycles. The highest BCUT2D eigenvalue weighted by Gasteiger charge is 2.27. The summed E-state index contributed by atoms with van der Waals surface area (Å²) in [4.78, 5) is 17.9. The molecule has 196 valence electrons. The zero-order chi connectivity index (χ0) is 27.4. The Bertz CT molecular complexity index is 1690. The molecule has 0 aliphatic carbocycles. The average Bonchev–Trinajstić information content (AvgIpc) is 3.12. The van der Waals surface area contributed by atoms with Gasteiger partial charge in [0, 0.05) is 56.8 Å². The molecule has 2 aromatic carbocycles. The fourth-order valence-electron chi connectivity index (χ4n) is 4.03. The number of phenols is 1. The van der Waals surface area contributed by atoms with E-state index >= 15 is 0 Å². The molecule has 0 saturated heterocycles. The van der Waals surface area contributed by atoms with Crippen molar-refractivity contribution in [1.82, 2.24) is 14.5 Å². The van der Waals surface area contributed by atoms with Crippen LogP contribution in [0.5, 0.6) is 11.6 Å². The number of phenolic OH excluding ortho intramolecular Hbond substituents is 1. The lowest BCUT2D eigenvalue weighted by molar-refractivity contribution is -0.129. The summed E-state index contributed by atoms with van der Waals surface area (Å²) >= 11 is 5.81. The van der Waals surface area contributed by atoms with Gasteiger partial charge in [0.1, 0.15) is 23.7 Å². The minimum atomic E-state index is -3.84. The molecule has 0 bridgehead atoms. The highest BCUT2D eigenvalue weighted by molar-refractivity contribution is 7.92. The van der Waals surface area contributed by atoms with Gasteiger partial charge in [-0.15, -0.1) is 0 Å². The van der Waals surface area contributed by atoms with Gasteiger partial charge in [0.2, 0.25) is 21.8 Å². The second kappa shape index (κ2) is 9.34. The van der Waals surface area contributed by atoms with Gasteiger partial charge in [-0.25, -0.2) is 17.2 Å². The lowest BCUT2D eigenvalue weighted by atomic mass is 10.0. The molecular weight excluding hydrogens is 530 g/mol. The second-order valence-corrected chi connectivity index (χ2v) is 11.3. The number of pyridine rings is 1. The summed E-state index contributed by atoms with van der Waals surface area (Å²) in [6.07, 6.45) is 3.64. The summed E-state index contributed by atoms with van der Waals surface area (Å²) in [6, 6.07) is 3.35. The van der Waals surface area contributed by atoms with Crippen molar-refractivity contribution in [1.29, 1.82) is 0 Å². The van der Waals surface area contributed by atoms with Gasteiger partial charge >= 0.3 is 0 Å². The SMILES string of the molecule is CN(C)C(=O)Cn1cc2c(N(C)S(C)(=O)=O)c3cc(Cc4cc(Cl)c(F)cc4F)cnc3c(O)c2c1O. The first kappa shape index (κ1) is 26.4. The molecule has 0 fully saturated rings. The normalized spacial score (nSPS) is 11.9. The van der Waals surface area contributed by atoms with Crippen LogP contribution in [-0.4, -0.2) is 66.4 Å². The number of anilines is 1. The minimum Gasteiger partial charge on any atom is -0.505 e. The maximum Gasteiger partial charge on any atom is 0.242 e. The summed E-state index contributed by atoms with van der Waals surface area (Å²) in [7, 11) is 0.539. The van der Waals surface area contributed by atoms with Crippen molar-refractivity contribution in [3.05, 3.63) is 58.4 Å². The van der Waals surface area contributed by atoms with Gasteiger partial charge in [-0.05, 0) is 23.3 Å². The fraction of sp³-hybridized carbons (Fsp3) is 0.250. The summed E-state index contributed by atoms with van der Waals surface area (Å²) in [6.45, 7) is -0.269. The number of sulfonamides is 1.